The minimum absolute atomic E-state index is 0.000672. The third-order valence-electron chi connectivity index (χ3n) is 6.11. The number of nitrogens with one attached hydrogen (secondary N) is 1. The number of carbonyl (C=O) groups is 1. The van der Waals surface area contributed by atoms with Crippen molar-refractivity contribution in [3.8, 4) is 0 Å². The highest BCUT2D eigenvalue weighted by Crippen LogP contribution is 2.46. The van der Waals surface area contributed by atoms with E-state index in [0.717, 1.165) is 26.2 Å². The van der Waals surface area contributed by atoms with Crippen LogP contribution in [-0.4, -0.2) is 67.2 Å². The van der Waals surface area contributed by atoms with Gasteiger partial charge in [0.05, 0.1) is 6.54 Å². The Bertz CT molecular complexity index is 772. The van der Waals surface area contributed by atoms with Crippen LogP contribution in [0.15, 0.2) is 48.6 Å². The summed E-state index contributed by atoms with van der Waals surface area (Å²) in [6.07, 6.45) is 7.29. The van der Waals surface area contributed by atoms with Gasteiger partial charge in [-0.25, -0.2) is 8.78 Å². The van der Waals surface area contributed by atoms with Crippen LogP contribution in [-0.2, 0) is 4.79 Å². The molecule has 1 aromatic rings. The first-order chi connectivity index (χ1) is 13.5. The molecular weight excluding hydrogens is 360 g/mol. The van der Waals surface area contributed by atoms with Gasteiger partial charge in [0.15, 0.2) is 5.67 Å². The highest BCUT2D eigenvalue weighted by atomic mass is 19.1. The topological polar surface area (TPSA) is 35.6 Å². The second kappa shape index (κ2) is 7.76. The van der Waals surface area contributed by atoms with Gasteiger partial charge in [0, 0.05) is 44.1 Å². The number of amides is 1. The molecule has 1 amide bonds. The number of likely N-dealkylation sites (N-methyl/N-ethyl adjacent to an activating group) is 1. The van der Waals surface area contributed by atoms with E-state index >= 15 is 4.39 Å². The fraction of sp³-hybridized carbons (Fsp3) is 0.500. The summed E-state index contributed by atoms with van der Waals surface area (Å²) in [5.74, 6) is -0.613. The van der Waals surface area contributed by atoms with Gasteiger partial charge in [-0.2, -0.15) is 0 Å². The van der Waals surface area contributed by atoms with Gasteiger partial charge in [-0.1, -0.05) is 30.4 Å². The summed E-state index contributed by atoms with van der Waals surface area (Å²) in [7, 11) is 2.05. The number of hydrogen-bond donors (Lipinski definition) is 1. The highest BCUT2D eigenvalue weighted by Gasteiger charge is 2.51. The molecule has 2 fully saturated rings. The summed E-state index contributed by atoms with van der Waals surface area (Å²) >= 11 is 0. The molecule has 2 unspecified atom stereocenters. The smallest absolute Gasteiger partial charge is 0.236 e. The minimum Gasteiger partial charge on any atom is -0.339 e. The standard InChI is InChI=1S/C22H27F2N3O/c1-26-10-12-27(13-11-26)21(28)15-25-20-14-18(20)22(24)8-6-16(7-9-22)17-4-2-3-5-19(17)23/h2-9,16,18,20,25H,10-15H2,1H3. The van der Waals surface area contributed by atoms with Crippen molar-refractivity contribution in [3.05, 3.63) is 60.0 Å². The van der Waals surface area contributed by atoms with E-state index in [4.69, 9.17) is 0 Å². The average Bonchev–Trinajstić information content (AvgIpc) is 3.49. The molecular formula is C22H27F2N3O. The maximum absolute atomic E-state index is 15.3. The fourth-order valence-corrected chi connectivity index (χ4v) is 4.12. The number of hydrogen-bond acceptors (Lipinski definition) is 3. The van der Waals surface area contributed by atoms with Crippen molar-refractivity contribution in [2.24, 2.45) is 5.92 Å². The van der Waals surface area contributed by atoms with Crippen LogP contribution in [0.2, 0.25) is 0 Å². The Morgan fingerprint density at radius 1 is 1.18 bits per heavy atom. The van der Waals surface area contributed by atoms with Crippen LogP contribution in [0, 0.1) is 11.7 Å². The quantitative estimate of drug-likeness (QED) is 0.789. The van der Waals surface area contributed by atoms with Gasteiger partial charge in [-0.05, 0) is 37.3 Å². The van der Waals surface area contributed by atoms with Crippen molar-refractivity contribution in [2.45, 2.75) is 24.0 Å². The van der Waals surface area contributed by atoms with E-state index in [9.17, 15) is 9.18 Å². The molecule has 2 atom stereocenters. The fourth-order valence-electron chi connectivity index (χ4n) is 4.12. The van der Waals surface area contributed by atoms with Gasteiger partial charge in [-0.15, -0.1) is 0 Å². The zero-order valence-electron chi connectivity index (χ0n) is 16.2. The summed E-state index contributed by atoms with van der Waals surface area (Å²) < 4.78 is 29.3. The molecule has 2 aliphatic carbocycles. The SMILES string of the molecule is CN1CCN(C(=O)CNC2CC2C2(F)C=CC(c3ccccc3F)C=C2)CC1. The Morgan fingerprint density at radius 3 is 2.54 bits per heavy atom. The summed E-state index contributed by atoms with van der Waals surface area (Å²) in [5.41, 5.74) is -0.976. The minimum atomic E-state index is -1.53. The summed E-state index contributed by atoms with van der Waals surface area (Å²) in [6.45, 7) is 3.54. The lowest BCUT2D eigenvalue weighted by atomic mass is 9.86. The molecule has 28 heavy (non-hydrogen) atoms. The summed E-state index contributed by atoms with van der Waals surface area (Å²) in [6, 6.07) is 6.59. The van der Waals surface area contributed by atoms with Crippen LogP contribution in [0.5, 0.6) is 0 Å². The average molecular weight is 387 g/mol. The Balaban J connectivity index is 1.28. The molecule has 6 heteroatoms. The van der Waals surface area contributed by atoms with Crippen LogP contribution in [0.4, 0.5) is 8.78 Å². The molecule has 1 aromatic carbocycles. The number of allylic oxidation sites excluding steroid dienone is 4. The number of halogens is 2. The Morgan fingerprint density at radius 2 is 1.86 bits per heavy atom. The van der Waals surface area contributed by atoms with E-state index in [1.54, 1.807) is 42.5 Å². The lowest BCUT2D eigenvalue weighted by Gasteiger charge is -2.32. The first kappa shape index (κ1) is 19.3. The summed E-state index contributed by atoms with van der Waals surface area (Å²) in [5, 5.41) is 3.22. The van der Waals surface area contributed by atoms with E-state index in [1.165, 1.54) is 6.07 Å². The van der Waals surface area contributed by atoms with Crippen molar-refractivity contribution < 1.29 is 13.6 Å². The highest BCUT2D eigenvalue weighted by molar-refractivity contribution is 5.78. The molecule has 3 aliphatic rings. The molecule has 0 radical (unpaired) electrons. The molecule has 4 rings (SSSR count). The molecule has 0 aromatic heterocycles. The maximum Gasteiger partial charge on any atom is 0.236 e. The van der Waals surface area contributed by atoms with Crippen molar-refractivity contribution in [1.29, 1.82) is 0 Å². The Kier molecular flexibility index (Phi) is 5.34. The van der Waals surface area contributed by atoms with Gasteiger partial charge in [0.25, 0.3) is 0 Å². The predicted molar refractivity (Wildman–Crippen MR) is 105 cm³/mol. The second-order valence-corrected chi connectivity index (χ2v) is 8.11. The first-order valence-corrected chi connectivity index (χ1v) is 9.98. The molecule has 150 valence electrons. The van der Waals surface area contributed by atoms with E-state index in [0.29, 0.717) is 12.0 Å². The lowest BCUT2D eigenvalue weighted by molar-refractivity contribution is -0.131. The van der Waals surface area contributed by atoms with Crippen LogP contribution in [0.25, 0.3) is 0 Å². The molecule has 4 nitrogen and oxygen atoms in total. The number of carbonyl (C=O) groups excluding carboxylic acids is 1. The van der Waals surface area contributed by atoms with E-state index in [1.807, 2.05) is 4.90 Å². The molecule has 0 spiro atoms. The number of rotatable bonds is 5. The second-order valence-electron chi connectivity index (χ2n) is 8.11. The third kappa shape index (κ3) is 4.03. The van der Waals surface area contributed by atoms with Crippen molar-refractivity contribution in [2.75, 3.05) is 39.8 Å². The molecule has 1 saturated carbocycles. The third-order valence-corrected chi connectivity index (χ3v) is 6.11. The van der Waals surface area contributed by atoms with Crippen LogP contribution >= 0.6 is 0 Å². The molecule has 0 bridgehead atoms. The van der Waals surface area contributed by atoms with Crippen LogP contribution in [0.1, 0.15) is 17.9 Å². The monoisotopic (exact) mass is 387 g/mol. The van der Waals surface area contributed by atoms with Crippen molar-refractivity contribution in [3.63, 3.8) is 0 Å². The van der Waals surface area contributed by atoms with E-state index in [-0.39, 0.29) is 36.1 Å². The van der Waals surface area contributed by atoms with Crippen molar-refractivity contribution >= 4 is 5.91 Å². The maximum atomic E-state index is 15.3. The van der Waals surface area contributed by atoms with Gasteiger partial charge in [0.1, 0.15) is 5.82 Å². The lowest BCUT2D eigenvalue weighted by Crippen LogP contribution is -2.49. The predicted octanol–water partition coefficient (Wildman–Crippen LogP) is 2.50. The summed E-state index contributed by atoms with van der Waals surface area (Å²) in [4.78, 5) is 16.4. The Hall–Kier alpha value is -2.05. The largest absolute Gasteiger partial charge is 0.339 e. The van der Waals surface area contributed by atoms with Gasteiger partial charge in [0.2, 0.25) is 5.91 Å². The normalized spacial score (nSPS) is 32.5. The first-order valence-electron chi connectivity index (χ1n) is 9.98. The number of nitrogens with zero attached hydrogens (tertiary/aromatic N) is 2. The molecule has 1 N–H and O–H groups in total. The van der Waals surface area contributed by atoms with E-state index < -0.39 is 5.67 Å². The molecule has 1 saturated heterocycles. The molecule has 1 heterocycles. The number of benzene rings is 1. The Labute approximate surface area is 164 Å². The van der Waals surface area contributed by atoms with Gasteiger partial charge >= 0.3 is 0 Å². The van der Waals surface area contributed by atoms with Gasteiger partial charge in [-0.3, -0.25) is 4.79 Å². The van der Waals surface area contributed by atoms with E-state index in [2.05, 4.69) is 17.3 Å². The number of piperazine rings is 1. The van der Waals surface area contributed by atoms with Crippen LogP contribution < -0.4 is 5.32 Å². The molecule has 1 aliphatic heterocycles. The van der Waals surface area contributed by atoms with Crippen LogP contribution in [0.3, 0.4) is 0 Å². The zero-order chi connectivity index (χ0) is 19.7. The zero-order valence-corrected chi connectivity index (χ0v) is 16.2. The number of alkyl halides is 1. The van der Waals surface area contributed by atoms with Crippen molar-refractivity contribution in [1.82, 2.24) is 15.1 Å². The van der Waals surface area contributed by atoms with Gasteiger partial charge < -0.3 is 15.1 Å².